The number of benzene rings is 1. The Morgan fingerprint density at radius 2 is 2.29 bits per heavy atom. The van der Waals surface area contributed by atoms with E-state index in [2.05, 4.69) is 10.3 Å². The predicted octanol–water partition coefficient (Wildman–Crippen LogP) is 3.16. The number of rotatable bonds is 3. The van der Waals surface area contributed by atoms with E-state index in [4.69, 9.17) is 16.3 Å². The Morgan fingerprint density at radius 3 is 3.10 bits per heavy atom. The fraction of sp³-hybridized carbons (Fsp3) is 0.250. The molecule has 0 spiro atoms. The smallest absolute Gasteiger partial charge is 0.270 e. The van der Waals surface area contributed by atoms with Crippen LogP contribution in [0.15, 0.2) is 36.5 Å². The third-order valence-electron chi connectivity index (χ3n) is 3.56. The van der Waals surface area contributed by atoms with Gasteiger partial charge < -0.3 is 10.1 Å². The van der Waals surface area contributed by atoms with Crippen molar-refractivity contribution in [2.24, 2.45) is 0 Å². The average molecular weight is 303 g/mol. The van der Waals surface area contributed by atoms with Gasteiger partial charge >= 0.3 is 0 Å². The molecule has 0 saturated heterocycles. The lowest BCUT2D eigenvalue weighted by molar-refractivity contribution is 0.0924. The Hall–Kier alpha value is -2.07. The number of hydrogen-bond acceptors (Lipinski definition) is 3. The maximum atomic E-state index is 12.4. The molecular weight excluding hydrogens is 288 g/mol. The molecule has 21 heavy (non-hydrogen) atoms. The lowest BCUT2D eigenvalue weighted by Crippen LogP contribution is -2.30. The largest absolute Gasteiger partial charge is 0.489 e. The highest BCUT2D eigenvalue weighted by molar-refractivity contribution is 6.32. The molecular formula is C16H15ClN2O2. The van der Waals surface area contributed by atoms with Crippen LogP contribution in [0.2, 0.25) is 5.02 Å². The first-order chi connectivity index (χ1) is 10.2. The van der Waals surface area contributed by atoms with Crippen molar-refractivity contribution in [2.45, 2.75) is 19.4 Å². The van der Waals surface area contributed by atoms with Gasteiger partial charge in [0.1, 0.15) is 18.1 Å². The van der Waals surface area contributed by atoms with E-state index in [0.717, 1.165) is 17.5 Å². The highest BCUT2D eigenvalue weighted by atomic mass is 35.5. The number of aryl methyl sites for hydroxylation is 1. The second-order valence-corrected chi connectivity index (χ2v) is 5.27. The zero-order valence-corrected chi connectivity index (χ0v) is 12.4. The minimum atomic E-state index is -0.196. The van der Waals surface area contributed by atoms with Gasteiger partial charge in [0.25, 0.3) is 5.91 Å². The zero-order chi connectivity index (χ0) is 14.8. The lowest BCUT2D eigenvalue weighted by Gasteiger charge is -2.13. The number of fused-ring (bicyclic) bond motifs is 1. The summed E-state index contributed by atoms with van der Waals surface area (Å²) < 4.78 is 5.57. The number of nitrogens with one attached hydrogen (secondary N) is 1. The number of hydrogen-bond donors (Lipinski definition) is 1. The summed E-state index contributed by atoms with van der Waals surface area (Å²) in [4.78, 5) is 16.6. The predicted molar refractivity (Wildman–Crippen MR) is 80.8 cm³/mol. The van der Waals surface area contributed by atoms with E-state index in [1.165, 1.54) is 0 Å². The van der Waals surface area contributed by atoms with E-state index in [1.807, 2.05) is 31.2 Å². The Labute approximate surface area is 128 Å². The average Bonchev–Trinajstić information content (AvgIpc) is 2.92. The number of ether oxygens (including phenoxy) is 1. The molecule has 108 valence electrons. The Morgan fingerprint density at radius 1 is 1.43 bits per heavy atom. The summed E-state index contributed by atoms with van der Waals surface area (Å²) in [6.07, 6.45) is 2.39. The fourth-order valence-electron chi connectivity index (χ4n) is 2.48. The summed E-state index contributed by atoms with van der Waals surface area (Å²) in [5.41, 5.74) is 2.31. The van der Waals surface area contributed by atoms with E-state index in [1.54, 1.807) is 12.3 Å². The number of nitrogens with zero attached hydrogens (tertiary/aromatic N) is 1. The molecule has 1 aliphatic rings. The van der Waals surface area contributed by atoms with Crippen LogP contribution in [0.1, 0.15) is 34.6 Å². The van der Waals surface area contributed by atoms with Crippen LogP contribution in [0.3, 0.4) is 0 Å². The summed E-state index contributed by atoms with van der Waals surface area (Å²) in [7, 11) is 0. The molecule has 4 nitrogen and oxygen atoms in total. The van der Waals surface area contributed by atoms with Gasteiger partial charge in [-0.3, -0.25) is 9.78 Å². The van der Waals surface area contributed by atoms with Crippen molar-refractivity contribution in [1.82, 2.24) is 10.3 Å². The maximum Gasteiger partial charge on any atom is 0.270 e. The van der Waals surface area contributed by atoms with Crippen molar-refractivity contribution in [3.05, 3.63) is 58.4 Å². The molecule has 0 radical (unpaired) electrons. The Kier molecular flexibility index (Phi) is 3.80. The quantitative estimate of drug-likeness (QED) is 0.947. The van der Waals surface area contributed by atoms with Crippen LogP contribution in [0.25, 0.3) is 0 Å². The lowest BCUT2D eigenvalue weighted by atomic mass is 10.1. The van der Waals surface area contributed by atoms with Crippen molar-refractivity contribution >= 4 is 17.5 Å². The SMILES string of the molecule is CCc1cccnc1C(=O)NC1COc2c(Cl)cccc21. The Balaban J connectivity index is 1.83. The monoisotopic (exact) mass is 302 g/mol. The molecule has 0 saturated carbocycles. The van der Waals surface area contributed by atoms with E-state index in [-0.39, 0.29) is 11.9 Å². The molecule has 5 heteroatoms. The van der Waals surface area contributed by atoms with Crippen molar-refractivity contribution in [1.29, 1.82) is 0 Å². The van der Waals surface area contributed by atoms with Gasteiger partial charge in [0.15, 0.2) is 0 Å². The van der Waals surface area contributed by atoms with Gasteiger partial charge in [-0.25, -0.2) is 0 Å². The first kappa shape index (κ1) is 13.9. The van der Waals surface area contributed by atoms with E-state index in [9.17, 15) is 4.79 Å². The van der Waals surface area contributed by atoms with Gasteiger partial charge in [0.05, 0.1) is 11.1 Å². The molecule has 0 bridgehead atoms. The molecule has 1 N–H and O–H groups in total. The molecule has 1 amide bonds. The van der Waals surface area contributed by atoms with Gasteiger partial charge in [0, 0.05) is 11.8 Å². The number of aromatic nitrogens is 1. The van der Waals surface area contributed by atoms with Gasteiger partial charge in [-0.05, 0) is 24.1 Å². The van der Waals surface area contributed by atoms with Crippen LogP contribution in [0.4, 0.5) is 0 Å². The van der Waals surface area contributed by atoms with Crippen LogP contribution in [-0.2, 0) is 6.42 Å². The number of halogens is 1. The summed E-state index contributed by atoms with van der Waals surface area (Å²) in [5.74, 6) is 0.468. The standard InChI is InChI=1S/C16H15ClN2O2/c1-2-10-5-4-8-18-14(10)16(20)19-13-9-21-15-11(13)6-3-7-12(15)17/h3-8,13H,2,9H2,1H3,(H,19,20). The number of pyridine rings is 1. The summed E-state index contributed by atoms with van der Waals surface area (Å²) in [6.45, 7) is 2.39. The summed E-state index contributed by atoms with van der Waals surface area (Å²) >= 11 is 6.09. The summed E-state index contributed by atoms with van der Waals surface area (Å²) in [5, 5.41) is 3.53. The fourth-order valence-corrected chi connectivity index (χ4v) is 2.72. The first-order valence-electron chi connectivity index (χ1n) is 6.86. The molecule has 1 unspecified atom stereocenters. The maximum absolute atomic E-state index is 12.4. The molecule has 1 atom stereocenters. The van der Waals surface area contributed by atoms with E-state index in [0.29, 0.717) is 23.1 Å². The van der Waals surface area contributed by atoms with Crippen LogP contribution >= 0.6 is 11.6 Å². The summed E-state index contributed by atoms with van der Waals surface area (Å²) in [6, 6.07) is 9.10. The van der Waals surface area contributed by atoms with Crippen LogP contribution < -0.4 is 10.1 Å². The molecule has 2 aromatic rings. The van der Waals surface area contributed by atoms with Gasteiger partial charge in [-0.15, -0.1) is 0 Å². The van der Waals surface area contributed by atoms with E-state index < -0.39 is 0 Å². The molecule has 2 heterocycles. The van der Waals surface area contributed by atoms with Crippen LogP contribution in [-0.4, -0.2) is 17.5 Å². The second-order valence-electron chi connectivity index (χ2n) is 4.86. The molecule has 1 aromatic heterocycles. The number of para-hydroxylation sites is 1. The first-order valence-corrected chi connectivity index (χ1v) is 7.24. The third-order valence-corrected chi connectivity index (χ3v) is 3.86. The van der Waals surface area contributed by atoms with Crippen molar-refractivity contribution < 1.29 is 9.53 Å². The normalized spacial score (nSPS) is 16.2. The zero-order valence-electron chi connectivity index (χ0n) is 11.6. The van der Waals surface area contributed by atoms with Crippen molar-refractivity contribution in [3.8, 4) is 5.75 Å². The van der Waals surface area contributed by atoms with Crippen molar-refractivity contribution in [2.75, 3.05) is 6.61 Å². The second kappa shape index (κ2) is 5.74. The number of carbonyl (C=O) groups excluding carboxylic acids is 1. The molecule has 0 aliphatic carbocycles. The highest BCUT2D eigenvalue weighted by Crippen LogP contribution is 2.38. The van der Waals surface area contributed by atoms with Crippen molar-refractivity contribution in [3.63, 3.8) is 0 Å². The number of amides is 1. The third kappa shape index (κ3) is 2.59. The Bertz CT molecular complexity index is 688. The minimum Gasteiger partial charge on any atom is -0.489 e. The molecule has 3 rings (SSSR count). The van der Waals surface area contributed by atoms with E-state index >= 15 is 0 Å². The van der Waals surface area contributed by atoms with Crippen LogP contribution in [0, 0.1) is 0 Å². The number of carbonyl (C=O) groups is 1. The van der Waals surface area contributed by atoms with Gasteiger partial charge in [0.2, 0.25) is 0 Å². The highest BCUT2D eigenvalue weighted by Gasteiger charge is 2.28. The minimum absolute atomic E-state index is 0.186. The molecule has 1 aliphatic heterocycles. The molecule has 0 fully saturated rings. The molecule has 1 aromatic carbocycles. The van der Waals surface area contributed by atoms with Crippen LogP contribution in [0.5, 0.6) is 5.75 Å². The van der Waals surface area contributed by atoms with Gasteiger partial charge in [-0.1, -0.05) is 36.7 Å². The van der Waals surface area contributed by atoms with Gasteiger partial charge in [-0.2, -0.15) is 0 Å². The topological polar surface area (TPSA) is 51.2 Å².